The quantitative estimate of drug-likeness (QED) is 0.807. The van der Waals surface area contributed by atoms with E-state index in [1.165, 1.54) is 6.07 Å². The van der Waals surface area contributed by atoms with Crippen molar-refractivity contribution < 1.29 is 13.9 Å². The number of nitrogens with zero attached hydrogens (tertiary/aromatic N) is 1. The van der Waals surface area contributed by atoms with Crippen LogP contribution in [0.1, 0.15) is 19.4 Å². The largest absolute Gasteiger partial charge is 0.481 e. The zero-order chi connectivity index (χ0) is 13.0. The molecule has 0 aliphatic heterocycles. The molecule has 0 spiro atoms. The number of ether oxygens (including phenoxy) is 1. The molecule has 1 rings (SSSR count). The Morgan fingerprint density at radius 3 is 2.71 bits per heavy atom. The lowest BCUT2D eigenvalue weighted by molar-refractivity contribution is -0.133. The molecule has 17 heavy (non-hydrogen) atoms. The van der Waals surface area contributed by atoms with E-state index in [-0.39, 0.29) is 24.3 Å². The predicted octanol–water partition coefficient (Wildman–Crippen LogP) is 2.38. The van der Waals surface area contributed by atoms with Crippen molar-refractivity contribution in [2.75, 3.05) is 13.7 Å². The van der Waals surface area contributed by atoms with E-state index >= 15 is 0 Å². The van der Waals surface area contributed by atoms with Crippen molar-refractivity contribution in [3.63, 3.8) is 0 Å². The van der Waals surface area contributed by atoms with E-state index in [0.29, 0.717) is 0 Å². The molecule has 0 fully saturated rings. The highest BCUT2D eigenvalue weighted by Gasteiger charge is 2.13. The summed E-state index contributed by atoms with van der Waals surface area (Å²) in [6.45, 7) is 5.51. The smallest absolute Gasteiger partial charge is 0.260 e. The summed E-state index contributed by atoms with van der Waals surface area (Å²) in [5.74, 6) is -0.494. The number of amides is 1. The van der Waals surface area contributed by atoms with Crippen LogP contribution in [0.15, 0.2) is 18.2 Å². The first kappa shape index (κ1) is 13.5. The first-order valence-electron chi connectivity index (χ1n) is 5.56. The van der Waals surface area contributed by atoms with Crippen LogP contribution in [-0.2, 0) is 4.79 Å². The van der Waals surface area contributed by atoms with Crippen molar-refractivity contribution in [2.45, 2.75) is 26.8 Å². The summed E-state index contributed by atoms with van der Waals surface area (Å²) in [4.78, 5) is 13.2. The standard InChI is InChI=1S/C13H18FNO2/c1-9(2)15(4)13(16)8-17-12-7-10(3)5-6-11(12)14/h5-7,9H,8H2,1-4H3. The zero-order valence-corrected chi connectivity index (χ0v) is 10.7. The number of likely N-dealkylation sites (N-methyl/N-ethyl adjacent to an activating group) is 1. The second kappa shape index (κ2) is 5.66. The van der Waals surface area contributed by atoms with Crippen molar-refractivity contribution in [1.82, 2.24) is 4.90 Å². The summed E-state index contributed by atoms with van der Waals surface area (Å²) in [6, 6.07) is 4.68. The number of hydrogen-bond donors (Lipinski definition) is 0. The first-order valence-corrected chi connectivity index (χ1v) is 5.56. The van der Waals surface area contributed by atoms with E-state index < -0.39 is 5.82 Å². The Morgan fingerprint density at radius 1 is 1.47 bits per heavy atom. The van der Waals surface area contributed by atoms with Gasteiger partial charge in [0.05, 0.1) is 0 Å². The molecule has 0 aromatic heterocycles. The predicted molar refractivity (Wildman–Crippen MR) is 64.5 cm³/mol. The van der Waals surface area contributed by atoms with Crippen LogP contribution in [0, 0.1) is 12.7 Å². The van der Waals surface area contributed by atoms with Gasteiger partial charge in [-0.25, -0.2) is 4.39 Å². The van der Waals surface area contributed by atoms with Crippen LogP contribution < -0.4 is 4.74 Å². The average Bonchev–Trinajstić information content (AvgIpc) is 2.28. The number of carbonyl (C=O) groups is 1. The summed E-state index contributed by atoms with van der Waals surface area (Å²) in [7, 11) is 1.70. The molecular weight excluding hydrogens is 221 g/mol. The van der Waals surface area contributed by atoms with Gasteiger partial charge in [0.15, 0.2) is 18.2 Å². The van der Waals surface area contributed by atoms with Crippen LogP contribution in [0.2, 0.25) is 0 Å². The molecule has 1 aromatic rings. The van der Waals surface area contributed by atoms with Crippen molar-refractivity contribution in [2.24, 2.45) is 0 Å². The third-order valence-corrected chi connectivity index (χ3v) is 2.61. The Bertz CT molecular complexity index is 404. The molecular formula is C13H18FNO2. The van der Waals surface area contributed by atoms with E-state index in [4.69, 9.17) is 4.74 Å². The normalized spacial score (nSPS) is 10.5. The molecule has 4 heteroatoms. The van der Waals surface area contributed by atoms with Crippen LogP contribution in [0.4, 0.5) is 4.39 Å². The fraction of sp³-hybridized carbons (Fsp3) is 0.462. The van der Waals surface area contributed by atoms with Gasteiger partial charge in [0.25, 0.3) is 5.91 Å². The third-order valence-electron chi connectivity index (χ3n) is 2.61. The lowest BCUT2D eigenvalue weighted by atomic mass is 10.2. The summed E-state index contributed by atoms with van der Waals surface area (Å²) in [6.07, 6.45) is 0. The minimum atomic E-state index is -0.449. The van der Waals surface area contributed by atoms with Crippen LogP contribution in [0.3, 0.4) is 0 Å². The second-order valence-electron chi connectivity index (χ2n) is 4.32. The monoisotopic (exact) mass is 239 g/mol. The van der Waals surface area contributed by atoms with Gasteiger partial charge < -0.3 is 9.64 Å². The fourth-order valence-electron chi connectivity index (χ4n) is 1.25. The Hall–Kier alpha value is -1.58. The molecule has 0 bridgehead atoms. The summed E-state index contributed by atoms with van der Waals surface area (Å²) in [5, 5.41) is 0. The number of hydrogen-bond acceptors (Lipinski definition) is 2. The number of rotatable bonds is 4. The molecule has 0 saturated heterocycles. The van der Waals surface area contributed by atoms with E-state index in [1.807, 2.05) is 20.8 Å². The minimum Gasteiger partial charge on any atom is -0.481 e. The number of carbonyl (C=O) groups excluding carboxylic acids is 1. The molecule has 1 aromatic carbocycles. The molecule has 1 amide bonds. The Morgan fingerprint density at radius 2 is 2.12 bits per heavy atom. The van der Waals surface area contributed by atoms with Crippen LogP contribution in [-0.4, -0.2) is 30.5 Å². The van der Waals surface area contributed by atoms with E-state index in [2.05, 4.69) is 0 Å². The van der Waals surface area contributed by atoms with E-state index in [0.717, 1.165) is 5.56 Å². The number of aryl methyl sites for hydroxylation is 1. The highest BCUT2D eigenvalue weighted by atomic mass is 19.1. The first-order chi connectivity index (χ1) is 7.91. The van der Waals surface area contributed by atoms with Gasteiger partial charge in [-0.05, 0) is 38.5 Å². The van der Waals surface area contributed by atoms with Gasteiger partial charge in [-0.1, -0.05) is 6.07 Å². The van der Waals surface area contributed by atoms with Gasteiger partial charge in [-0.3, -0.25) is 4.79 Å². The van der Waals surface area contributed by atoms with Crippen molar-refractivity contribution >= 4 is 5.91 Å². The zero-order valence-electron chi connectivity index (χ0n) is 10.7. The Labute approximate surface area is 101 Å². The van der Waals surface area contributed by atoms with E-state index in [1.54, 1.807) is 24.1 Å². The van der Waals surface area contributed by atoms with Gasteiger partial charge in [0.2, 0.25) is 0 Å². The molecule has 0 unspecified atom stereocenters. The maximum Gasteiger partial charge on any atom is 0.260 e. The van der Waals surface area contributed by atoms with Gasteiger partial charge in [-0.15, -0.1) is 0 Å². The van der Waals surface area contributed by atoms with Crippen molar-refractivity contribution in [3.05, 3.63) is 29.6 Å². The number of benzene rings is 1. The fourth-order valence-corrected chi connectivity index (χ4v) is 1.25. The maximum absolute atomic E-state index is 13.3. The SMILES string of the molecule is Cc1ccc(F)c(OCC(=O)N(C)C(C)C)c1. The molecule has 0 aliphatic carbocycles. The lowest BCUT2D eigenvalue weighted by Gasteiger charge is -2.21. The lowest BCUT2D eigenvalue weighted by Crippen LogP contribution is -2.36. The molecule has 94 valence electrons. The Balaban J connectivity index is 2.61. The van der Waals surface area contributed by atoms with Crippen LogP contribution in [0.25, 0.3) is 0 Å². The molecule has 0 heterocycles. The molecule has 0 radical (unpaired) electrons. The van der Waals surface area contributed by atoms with Gasteiger partial charge in [0.1, 0.15) is 0 Å². The third kappa shape index (κ3) is 3.73. The molecule has 3 nitrogen and oxygen atoms in total. The summed E-state index contributed by atoms with van der Waals surface area (Å²) < 4.78 is 18.5. The summed E-state index contributed by atoms with van der Waals surface area (Å²) in [5.41, 5.74) is 0.895. The van der Waals surface area contributed by atoms with E-state index in [9.17, 15) is 9.18 Å². The number of halogens is 1. The van der Waals surface area contributed by atoms with Crippen molar-refractivity contribution in [1.29, 1.82) is 0 Å². The second-order valence-corrected chi connectivity index (χ2v) is 4.32. The Kier molecular flexibility index (Phi) is 4.49. The molecule has 0 saturated carbocycles. The molecule has 0 N–H and O–H groups in total. The van der Waals surface area contributed by atoms with Crippen LogP contribution in [0.5, 0.6) is 5.75 Å². The maximum atomic E-state index is 13.3. The minimum absolute atomic E-state index is 0.105. The topological polar surface area (TPSA) is 29.5 Å². The van der Waals surface area contributed by atoms with Crippen molar-refractivity contribution in [3.8, 4) is 5.75 Å². The highest BCUT2D eigenvalue weighted by Crippen LogP contribution is 2.18. The average molecular weight is 239 g/mol. The van der Waals surface area contributed by atoms with Gasteiger partial charge >= 0.3 is 0 Å². The molecule has 0 atom stereocenters. The van der Waals surface area contributed by atoms with Crippen LogP contribution >= 0.6 is 0 Å². The van der Waals surface area contributed by atoms with Gasteiger partial charge in [0, 0.05) is 13.1 Å². The summed E-state index contributed by atoms with van der Waals surface area (Å²) >= 11 is 0. The van der Waals surface area contributed by atoms with Gasteiger partial charge in [-0.2, -0.15) is 0 Å². The highest BCUT2D eigenvalue weighted by molar-refractivity contribution is 5.77. The molecule has 0 aliphatic rings.